The van der Waals surface area contributed by atoms with Gasteiger partial charge >= 0.3 is 0 Å². The largest absolute Gasteiger partial charge is 0.356 e. The number of nitrogens with one attached hydrogen (secondary N) is 2. The Kier molecular flexibility index (Phi) is 8.08. The van der Waals surface area contributed by atoms with Gasteiger partial charge in [-0.2, -0.15) is 5.10 Å². The Bertz CT molecular complexity index is 734. The molecule has 2 unspecified atom stereocenters. The SMILES string of the molecule is CN=C(NCC(C)Cn1cccn1)NC1CC(=O)N(c2ccccc2)C1.I. The average molecular weight is 482 g/mol. The standard InChI is InChI=1S/C19H26N6O.HI/c1-15(13-24-10-6-9-22-24)12-21-19(20-2)23-16-11-18(26)25(14-16)17-7-4-3-5-8-17;/h3-10,15-16H,11-14H2,1-2H3,(H2,20,21,23);1H. The Morgan fingerprint density at radius 3 is 2.78 bits per heavy atom. The van der Waals surface area contributed by atoms with E-state index in [1.807, 2.05) is 52.2 Å². The van der Waals surface area contributed by atoms with E-state index in [9.17, 15) is 4.79 Å². The van der Waals surface area contributed by atoms with Gasteiger partial charge in [-0.05, 0) is 24.1 Å². The summed E-state index contributed by atoms with van der Waals surface area (Å²) < 4.78 is 1.93. The molecule has 2 N–H and O–H groups in total. The van der Waals surface area contributed by atoms with Crippen LogP contribution in [0.15, 0.2) is 53.8 Å². The van der Waals surface area contributed by atoms with E-state index in [1.54, 1.807) is 13.2 Å². The van der Waals surface area contributed by atoms with Gasteiger partial charge < -0.3 is 15.5 Å². The zero-order valence-corrected chi connectivity index (χ0v) is 18.0. The highest BCUT2D eigenvalue weighted by Gasteiger charge is 2.31. The quantitative estimate of drug-likeness (QED) is 0.376. The van der Waals surface area contributed by atoms with Gasteiger partial charge in [-0.15, -0.1) is 24.0 Å². The number of carbonyl (C=O) groups is 1. The van der Waals surface area contributed by atoms with Gasteiger partial charge in [0.25, 0.3) is 0 Å². The normalized spacial score (nSPS) is 18.1. The molecular weight excluding hydrogens is 455 g/mol. The molecule has 0 radical (unpaired) electrons. The maximum atomic E-state index is 12.3. The number of halogens is 1. The molecule has 2 heterocycles. The number of aliphatic imine (C=N–C) groups is 1. The first-order valence-electron chi connectivity index (χ1n) is 8.95. The molecule has 0 bridgehead atoms. The first-order chi connectivity index (χ1) is 12.7. The lowest BCUT2D eigenvalue weighted by Crippen LogP contribution is -2.46. The molecule has 1 aliphatic rings. The minimum atomic E-state index is 0. The second-order valence-electron chi connectivity index (χ2n) is 6.67. The van der Waals surface area contributed by atoms with Gasteiger partial charge in [0.05, 0.1) is 6.04 Å². The number of benzene rings is 1. The van der Waals surface area contributed by atoms with E-state index in [2.05, 4.69) is 27.6 Å². The van der Waals surface area contributed by atoms with Gasteiger partial charge in [-0.1, -0.05) is 25.1 Å². The van der Waals surface area contributed by atoms with Crippen LogP contribution in [0.1, 0.15) is 13.3 Å². The Morgan fingerprint density at radius 2 is 2.11 bits per heavy atom. The maximum absolute atomic E-state index is 12.3. The minimum absolute atomic E-state index is 0. The van der Waals surface area contributed by atoms with Crippen molar-refractivity contribution in [2.75, 3.05) is 25.0 Å². The van der Waals surface area contributed by atoms with Gasteiger partial charge in [-0.25, -0.2) is 0 Å². The summed E-state index contributed by atoms with van der Waals surface area (Å²) >= 11 is 0. The molecule has 7 nitrogen and oxygen atoms in total. The summed E-state index contributed by atoms with van der Waals surface area (Å²) in [7, 11) is 1.75. The lowest BCUT2D eigenvalue weighted by molar-refractivity contribution is -0.117. The smallest absolute Gasteiger partial charge is 0.229 e. The van der Waals surface area contributed by atoms with E-state index in [0.29, 0.717) is 18.9 Å². The number of guanidine groups is 1. The van der Waals surface area contributed by atoms with Crippen molar-refractivity contribution in [3.05, 3.63) is 48.8 Å². The van der Waals surface area contributed by atoms with Crippen LogP contribution in [-0.4, -0.2) is 47.8 Å². The predicted molar refractivity (Wildman–Crippen MR) is 119 cm³/mol. The van der Waals surface area contributed by atoms with Crippen LogP contribution in [0.5, 0.6) is 0 Å². The first kappa shape index (κ1) is 21.2. The van der Waals surface area contributed by atoms with E-state index in [1.165, 1.54) is 0 Å². The van der Waals surface area contributed by atoms with E-state index < -0.39 is 0 Å². The highest BCUT2D eigenvalue weighted by atomic mass is 127. The summed E-state index contributed by atoms with van der Waals surface area (Å²) in [5, 5.41) is 10.9. The molecule has 1 aromatic heterocycles. The molecule has 0 aliphatic carbocycles. The summed E-state index contributed by atoms with van der Waals surface area (Å²) in [4.78, 5) is 18.4. The van der Waals surface area contributed by atoms with Crippen molar-refractivity contribution in [2.45, 2.75) is 25.9 Å². The summed E-state index contributed by atoms with van der Waals surface area (Å²) in [6, 6.07) is 11.8. The fourth-order valence-electron chi connectivity index (χ4n) is 3.11. The molecule has 1 aromatic carbocycles. The Hall–Kier alpha value is -2.10. The number of hydrogen-bond acceptors (Lipinski definition) is 3. The molecular formula is C19H27IN6O. The van der Waals surface area contributed by atoms with Gasteiger partial charge in [-0.3, -0.25) is 14.5 Å². The zero-order valence-electron chi connectivity index (χ0n) is 15.7. The number of nitrogens with zero attached hydrogens (tertiary/aromatic N) is 4. The topological polar surface area (TPSA) is 74.5 Å². The number of para-hydroxylation sites is 1. The molecule has 1 amide bonds. The highest BCUT2D eigenvalue weighted by Crippen LogP contribution is 2.20. The molecule has 2 atom stereocenters. The van der Waals surface area contributed by atoms with Crippen molar-refractivity contribution < 1.29 is 4.79 Å². The molecule has 27 heavy (non-hydrogen) atoms. The molecule has 0 spiro atoms. The van der Waals surface area contributed by atoms with E-state index in [4.69, 9.17) is 0 Å². The highest BCUT2D eigenvalue weighted by molar-refractivity contribution is 14.0. The molecule has 3 rings (SSSR count). The number of amides is 1. The fourth-order valence-corrected chi connectivity index (χ4v) is 3.11. The molecule has 0 saturated carbocycles. The van der Waals surface area contributed by atoms with Crippen molar-refractivity contribution in [1.82, 2.24) is 20.4 Å². The van der Waals surface area contributed by atoms with Crippen LogP contribution in [-0.2, 0) is 11.3 Å². The number of rotatable bonds is 6. The van der Waals surface area contributed by atoms with E-state index in [-0.39, 0.29) is 35.9 Å². The summed E-state index contributed by atoms with van der Waals surface area (Å²) in [5.74, 6) is 1.26. The third-order valence-corrected chi connectivity index (χ3v) is 4.43. The zero-order chi connectivity index (χ0) is 18.4. The van der Waals surface area contributed by atoms with Gasteiger partial charge in [0.15, 0.2) is 5.96 Å². The van der Waals surface area contributed by atoms with Crippen LogP contribution in [0.25, 0.3) is 0 Å². The van der Waals surface area contributed by atoms with Crippen LogP contribution in [0, 0.1) is 5.92 Å². The second-order valence-corrected chi connectivity index (χ2v) is 6.67. The maximum Gasteiger partial charge on any atom is 0.229 e. The summed E-state index contributed by atoms with van der Waals surface area (Å²) in [5.41, 5.74) is 0.942. The van der Waals surface area contributed by atoms with Gasteiger partial charge in [0.2, 0.25) is 5.91 Å². The lowest BCUT2D eigenvalue weighted by Gasteiger charge is -2.20. The molecule has 2 aromatic rings. The number of hydrogen-bond donors (Lipinski definition) is 2. The molecule has 1 aliphatic heterocycles. The number of carbonyl (C=O) groups excluding carboxylic acids is 1. The van der Waals surface area contributed by atoms with Crippen LogP contribution in [0.3, 0.4) is 0 Å². The van der Waals surface area contributed by atoms with Gasteiger partial charge in [0.1, 0.15) is 0 Å². The van der Waals surface area contributed by atoms with Crippen molar-refractivity contribution in [2.24, 2.45) is 10.9 Å². The Morgan fingerprint density at radius 1 is 1.33 bits per heavy atom. The summed E-state index contributed by atoms with van der Waals surface area (Å²) in [6.45, 7) is 4.44. The average Bonchev–Trinajstić information content (AvgIpc) is 3.28. The monoisotopic (exact) mass is 482 g/mol. The summed E-state index contributed by atoms with van der Waals surface area (Å²) in [6.07, 6.45) is 4.22. The molecule has 8 heteroatoms. The van der Waals surface area contributed by atoms with Crippen molar-refractivity contribution in [3.63, 3.8) is 0 Å². The Labute approximate surface area is 177 Å². The predicted octanol–water partition coefficient (Wildman–Crippen LogP) is 2.11. The van der Waals surface area contributed by atoms with Crippen LogP contribution >= 0.6 is 24.0 Å². The van der Waals surface area contributed by atoms with Crippen molar-refractivity contribution >= 4 is 41.5 Å². The molecule has 1 saturated heterocycles. The lowest BCUT2D eigenvalue weighted by atomic mass is 10.2. The number of anilines is 1. The van der Waals surface area contributed by atoms with Gasteiger partial charge in [0, 0.05) is 51.2 Å². The van der Waals surface area contributed by atoms with Crippen molar-refractivity contribution in [3.8, 4) is 0 Å². The van der Waals surface area contributed by atoms with E-state index in [0.717, 1.165) is 24.7 Å². The fraction of sp³-hybridized carbons (Fsp3) is 0.421. The van der Waals surface area contributed by atoms with Crippen LogP contribution in [0.2, 0.25) is 0 Å². The minimum Gasteiger partial charge on any atom is -0.356 e. The third-order valence-electron chi connectivity index (χ3n) is 4.43. The third kappa shape index (κ3) is 5.95. The molecule has 146 valence electrons. The number of aromatic nitrogens is 2. The van der Waals surface area contributed by atoms with Crippen LogP contribution < -0.4 is 15.5 Å². The first-order valence-corrected chi connectivity index (χ1v) is 8.95. The van der Waals surface area contributed by atoms with Crippen molar-refractivity contribution in [1.29, 1.82) is 0 Å². The molecule has 1 fully saturated rings. The Balaban J connectivity index is 0.00000261. The van der Waals surface area contributed by atoms with E-state index >= 15 is 0 Å². The van der Waals surface area contributed by atoms with Crippen LogP contribution in [0.4, 0.5) is 5.69 Å². The second kappa shape index (κ2) is 10.3.